The predicted molar refractivity (Wildman–Crippen MR) is 56.3 cm³/mol. The van der Waals surface area contributed by atoms with Gasteiger partial charge in [0.25, 0.3) is 0 Å². The van der Waals surface area contributed by atoms with Gasteiger partial charge in [0.05, 0.1) is 12.9 Å². The highest BCUT2D eigenvalue weighted by Gasteiger charge is 1.79. The monoisotopic (exact) mass is 180 g/mol. The molecule has 2 N–H and O–H groups in total. The second-order valence-corrected chi connectivity index (χ2v) is 2.44. The largest absolute Gasteiger partial charge is 0.501 e. The van der Waals surface area contributed by atoms with Crippen LogP contribution < -0.4 is 5.73 Å². The molecule has 0 bridgehead atoms. The van der Waals surface area contributed by atoms with Gasteiger partial charge in [-0.1, -0.05) is 6.58 Å². The number of hydrogen-bond donors (Lipinski definition) is 1. The number of hydrogen-bond acceptors (Lipinski definition) is 3. The van der Waals surface area contributed by atoms with Crippen LogP contribution in [0.3, 0.4) is 0 Å². The van der Waals surface area contributed by atoms with Gasteiger partial charge in [-0.25, -0.2) is 0 Å². The zero-order valence-corrected chi connectivity index (χ0v) is 8.16. The molecular weight excluding hydrogens is 164 g/mol. The molecule has 0 spiro atoms. The maximum absolute atomic E-state index is 5.57. The van der Waals surface area contributed by atoms with Crippen LogP contribution in [0.1, 0.15) is 13.8 Å². The molecule has 0 aromatic carbocycles. The van der Waals surface area contributed by atoms with Crippen LogP contribution in [0.25, 0.3) is 0 Å². The maximum Gasteiger partial charge on any atom is 0.0849 e. The highest BCUT2D eigenvalue weighted by atomic mass is 16.5. The molecule has 0 saturated carbocycles. The molecule has 0 heterocycles. The van der Waals surface area contributed by atoms with Gasteiger partial charge in [0, 0.05) is 17.6 Å². The van der Waals surface area contributed by atoms with Gasteiger partial charge in [-0.15, -0.1) is 0 Å². The Morgan fingerprint density at radius 3 is 2.85 bits per heavy atom. The lowest BCUT2D eigenvalue weighted by Gasteiger charge is -1.92. The van der Waals surface area contributed by atoms with Gasteiger partial charge in [0.15, 0.2) is 0 Å². The van der Waals surface area contributed by atoms with Crippen molar-refractivity contribution in [2.45, 2.75) is 13.8 Å². The quantitative estimate of drug-likeness (QED) is 0.399. The molecule has 0 aliphatic rings. The Kier molecular flexibility index (Phi) is 6.32. The van der Waals surface area contributed by atoms with Crippen molar-refractivity contribution >= 4 is 6.21 Å². The summed E-state index contributed by atoms with van der Waals surface area (Å²) in [6.45, 7) is 7.98. The summed E-state index contributed by atoms with van der Waals surface area (Å²) in [5.74, 6) is 0. The summed E-state index contributed by atoms with van der Waals surface area (Å²) in [6, 6.07) is 0. The standard InChI is InChI=1S/C10H16N2O/c1-4-13-8-6-10(11)5-7-12-9(2)3/h5-8H,2,4,11H2,1,3H3/b8-6+,10-5-,12-7?. The van der Waals surface area contributed by atoms with E-state index in [0.29, 0.717) is 12.3 Å². The number of nitrogens with zero attached hydrogens (tertiary/aromatic N) is 1. The van der Waals surface area contributed by atoms with E-state index in [0.717, 1.165) is 5.70 Å². The van der Waals surface area contributed by atoms with Crippen LogP contribution >= 0.6 is 0 Å². The van der Waals surface area contributed by atoms with Gasteiger partial charge in [-0.2, -0.15) is 0 Å². The molecule has 0 atom stereocenters. The third kappa shape index (κ3) is 8.40. The van der Waals surface area contributed by atoms with Crippen LogP contribution in [0.2, 0.25) is 0 Å². The molecule has 0 fully saturated rings. The van der Waals surface area contributed by atoms with Crippen molar-refractivity contribution in [2.24, 2.45) is 10.7 Å². The zero-order valence-electron chi connectivity index (χ0n) is 8.16. The van der Waals surface area contributed by atoms with Crippen LogP contribution in [-0.2, 0) is 4.74 Å². The Hall–Kier alpha value is -1.51. The first-order valence-corrected chi connectivity index (χ1v) is 4.10. The van der Waals surface area contributed by atoms with Gasteiger partial charge in [0.2, 0.25) is 0 Å². The van der Waals surface area contributed by atoms with E-state index >= 15 is 0 Å². The normalized spacial score (nSPS) is 12.6. The van der Waals surface area contributed by atoms with Gasteiger partial charge in [-0.3, -0.25) is 4.99 Å². The van der Waals surface area contributed by atoms with Crippen LogP contribution in [0.4, 0.5) is 0 Å². The first-order valence-electron chi connectivity index (χ1n) is 4.10. The minimum atomic E-state index is 0.596. The molecule has 13 heavy (non-hydrogen) atoms. The Labute approximate surface area is 79.3 Å². The third-order valence-electron chi connectivity index (χ3n) is 1.09. The van der Waals surface area contributed by atoms with Crippen LogP contribution in [0, 0.1) is 0 Å². The minimum absolute atomic E-state index is 0.596. The molecule has 0 aromatic rings. The molecule has 0 aliphatic heterocycles. The summed E-state index contributed by atoms with van der Waals surface area (Å²) in [6.07, 6.45) is 6.52. The molecule has 0 rings (SSSR count). The summed E-state index contributed by atoms with van der Waals surface area (Å²) in [5.41, 5.74) is 6.92. The number of aliphatic imine (C=N–C) groups is 1. The van der Waals surface area contributed by atoms with Gasteiger partial charge >= 0.3 is 0 Å². The van der Waals surface area contributed by atoms with Gasteiger partial charge in [-0.05, 0) is 26.0 Å². The third-order valence-corrected chi connectivity index (χ3v) is 1.09. The Morgan fingerprint density at radius 1 is 1.62 bits per heavy atom. The molecule has 0 saturated heterocycles. The van der Waals surface area contributed by atoms with Crippen molar-refractivity contribution in [3.63, 3.8) is 0 Å². The van der Waals surface area contributed by atoms with E-state index in [1.54, 1.807) is 24.6 Å². The first kappa shape index (κ1) is 11.5. The van der Waals surface area contributed by atoms with E-state index in [-0.39, 0.29) is 0 Å². The fraction of sp³-hybridized carbons (Fsp3) is 0.300. The van der Waals surface area contributed by atoms with Crippen molar-refractivity contribution in [2.75, 3.05) is 6.61 Å². The molecule has 0 aliphatic carbocycles. The van der Waals surface area contributed by atoms with E-state index in [9.17, 15) is 0 Å². The van der Waals surface area contributed by atoms with E-state index in [4.69, 9.17) is 10.5 Å². The summed E-state index contributed by atoms with van der Waals surface area (Å²) >= 11 is 0. The lowest BCUT2D eigenvalue weighted by atomic mass is 10.4. The van der Waals surface area contributed by atoms with Crippen LogP contribution in [0.15, 0.2) is 41.4 Å². The van der Waals surface area contributed by atoms with Crippen molar-refractivity contribution < 1.29 is 4.74 Å². The second kappa shape index (κ2) is 7.16. The number of nitrogens with two attached hydrogens (primary N) is 1. The SMILES string of the molecule is C=C(C)N=C/C=C(N)/C=C/OCC. The lowest BCUT2D eigenvalue weighted by Crippen LogP contribution is -1.93. The Bertz CT molecular complexity index is 239. The summed E-state index contributed by atoms with van der Waals surface area (Å²) in [7, 11) is 0. The summed E-state index contributed by atoms with van der Waals surface area (Å²) in [4.78, 5) is 3.94. The number of allylic oxidation sites excluding steroid dienone is 3. The molecule has 0 unspecified atom stereocenters. The van der Waals surface area contributed by atoms with E-state index in [2.05, 4.69) is 11.6 Å². The fourth-order valence-electron chi connectivity index (χ4n) is 0.529. The van der Waals surface area contributed by atoms with Crippen molar-refractivity contribution in [3.05, 3.63) is 36.4 Å². The average molecular weight is 180 g/mol. The maximum atomic E-state index is 5.57. The van der Waals surface area contributed by atoms with Crippen LogP contribution in [0.5, 0.6) is 0 Å². The Balaban J connectivity index is 3.95. The molecule has 0 amide bonds. The Morgan fingerprint density at radius 2 is 2.31 bits per heavy atom. The molecular formula is C10H16N2O. The smallest absolute Gasteiger partial charge is 0.0849 e. The van der Waals surface area contributed by atoms with Gasteiger partial charge in [0.1, 0.15) is 0 Å². The molecule has 3 nitrogen and oxygen atoms in total. The highest BCUT2D eigenvalue weighted by Crippen LogP contribution is 1.89. The molecule has 0 aromatic heterocycles. The van der Waals surface area contributed by atoms with E-state index in [1.165, 1.54) is 0 Å². The van der Waals surface area contributed by atoms with Crippen molar-refractivity contribution in [1.82, 2.24) is 0 Å². The molecule has 3 heteroatoms. The average Bonchev–Trinajstić information content (AvgIpc) is 2.04. The second-order valence-electron chi connectivity index (χ2n) is 2.44. The van der Waals surface area contributed by atoms with Crippen molar-refractivity contribution in [3.8, 4) is 0 Å². The summed E-state index contributed by atoms with van der Waals surface area (Å²) < 4.78 is 4.97. The highest BCUT2D eigenvalue weighted by molar-refractivity contribution is 5.73. The molecule has 72 valence electrons. The summed E-state index contributed by atoms with van der Waals surface area (Å²) in [5, 5.41) is 0. The molecule has 0 radical (unpaired) electrons. The minimum Gasteiger partial charge on any atom is -0.501 e. The topological polar surface area (TPSA) is 47.6 Å². The fourth-order valence-corrected chi connectivity index (χ4v) is 0.529. The van der Waals surface area contributed by atoms with Crippen molar-refractivity contribution in [1.29, 1.82) is 0 Å². The zero-order chi connectivity index (χ0) is 10.1. The first-order chi connectivity index (χ1) is 6.16. The number of ether oxygens (including phenoxy) is 1. The van der Waals surface area contributed by atoms with Gasteiger partial charge < -0.3 is 10.5 Å². The van der Waals surface area contributed by atoms with Crippen LogP contribution in [-0.4, -0.2) is 12.8 Å². The van der Waals surface area contributed by atoms with E-state index < -0.39 is 0 Å². The number of rotatable bonds is 5. The predicted octanol–water partition coefficient (Wildman–Crippen LogP) is 1.98. The lowest BCUT2D eigenvalue weighted by molar-refractivity contribution is 0.269. The van der Waals surface area contributed by atoms with E-state index in [1.807, 2.05) is 13.8 Å².